The van der Waals surface area contributed by atoms with Gasteiger partial charge in [-0.15, -0.1) is 0 Å². The molecule has 1 aliphatic heterocycles. The van der Waals surface area contributed by atoms with E-state index in [1.807, 2.05) is 118 Å². The number of hydrogen-bond acceptors (Lipinski definition) is 4. The lowest BCUT2D eigenvalue weighted by molar-refractivity contribution is -0.166. The molecule has 3 aromatic rings. The van der Waals surface area contributed by atoms with Crippen molar-refractivity contribution in [3.8, 4) is 5.75 Å². The SMILES string of the molecule is COc1ccc([C@@H](C)N2C(=O)[C@H]([C@@H](NC(=O)OCc3ccccc3)C(C)(C)C)[C@H]2c2ccccc2)cc1. The van der Waals surface area contributed by atoms with E-state index in [4.69, 9.17) is 9.47 Å². The van der Waals surface area contributed by atoms with Crippen LogP contribution >= 0.6 is 0 Å². The van der Waals surface area contributed by atoms with Crippen LogP contribution in [0.3, 0.4) is 0 Å². The van der Waals surface area contributed by atoms with Crippen LogP contribution in [-0.4, -0.2) is 30.1 Å². The van der Waals surface area contributed by atoms with Crippen LogP contribution in [0, 0.1) is 11.3 Å². The minimum atomic E-state index is -0.523. The summed E-state index contributed by atoms with van der Waals surface area (Å²) in [5.41, 5.74) is 2.60. The summed E-state index contributed by atoms with van der Waals surface area (Å²) in [7, 11) is 1.64. The smallest absolute Gasteiger partial charge is 0.407 e. The van der Waals surface area contributed by atoms with Crippen LogP contribution in [0.1, 0.15) is 56.5 Å². The summed E-state index contributed by atoms with van der Waals surface area (Å²) in [5, 5.41) is 3.05. The Morgan fingerprint density at radius 1 is 0.946 bits per heavy atom. The lowest BCUT2D eigenvalue weighted by Crippen LogP contribution is -2.65. The summed E-state index contributed by atoms with van der Waals surface area (Å²) < 4.78 is 10.8. The van der Waals surface area contributed by atoms with Gasteiger partial charge in [0.1, 0.15) is 12.4 Å². The lowest BCUT2D eigenvalue weighted by atomic mass is 9.68. The number of hydrogen-bond donors (Lipinski definition) is 1. The van der Waals surface area contributed by atoms with E-state index >= 15 is 0 Å². The summed E-state index contributed by atoms with van der Waals surface area (Å²) >= 11 is 0. The van der Waals surface area contributed by atoms with Gasteiger partial charge in [0.15, 0.2) is 0 Å². The molecule has 1 fully saturated rings. The molecule has 37 heavy (non-hydrogen) atoms. The number of likely N-dealkylation sites (tertiary alicyclic amines) is 1. The second kappa shape index (κ2) is 11.1. The molecule has 1 N–H and O–H groups in total. The summed E-state index contributed by atoms with van der Waals surface area (Å²) in [6.07, 6.45) is -0.523. The fourth-order valence-electron chi connectivity index (χ4n) is 5.09. The molecule has 6 heteroatoms. The van der Waals surface area contributed by atoms with E-state index in [-0.39, 0.29) is 30.0 Å². The Morgan fingerprint density at radius 2 is 1.54 bits per heavy atom. The van der Waals surface area contributed by atoms with Gasteiger partial charge >= 0.3 is 6.09 Å². The Balaban J connectivity index is 1.59. The number of alkyl carbamates (subject to hydrolysis) is 1. The summed E-state index contributed by atoms with van der Waals surface area (Å²) in [4.78, 5) is 28.7. The van der Waals surface area contributed by atoms with E-state index in [0.29, 0.717) is 0 Å². The molecule has 0 spiro atoms. The Bertz CT molecular complexity index is 1190. The number of amides is 2. The molecule has 2 amide bonds. The van der Waals surface area contributed by atoms with Crippen molar-refractivity contribution in [1.82, 2.24) is 10.2 Å². The molecule has 1 heterocycles. The summed E-state index contributed by atoms with van der Waals surface area (Å²) in [6.45, 7) is 8.34. The second-order valence-electron chi connectivity index (χ2n) is 10.6. The number of methoxy groups -OCH3 is 1. The third-order valence-electron chi connectivity index (χ3n) is 7.11. The number of benzene rings is 3. The van der Waals surface area contributed by atoms with Gasteiger partial charge in [0.05, 0.1) is 31.2 Å². The number of β-lactam (4-membered cyclic amide) rings is 1. The van der Waals surface area contributed by atoms with Gasteiger partial charge in [-0.3, -0.25) is 4.79 Å². The Kier molecular flexibility index (Phi) is 7.86. The van der Waals surface area contributed by atoms with Crippen LogP contribution < -0.4 is 10.1 Å². The zero-order valence-electron chi connectivity index (χ0n) is 22.2. The zero-order valence-corrected chi connectivity index (χ0v) is 22.2. The Morgan fingerprint density at radius 3 is 2.11 bits per heavy atom. The largest absolute Gasteiger partial charge is 0.497 e. The first kappa shape index (κ1) is 26.3. The van der Waals surface area contributed by atoms with Crippen molar-refractivity contribution in [2.75, 3.05) is 7.11 Å². The van der Waals surface area contributed by atoms with Crippen molar-refractivity contribution in [1.29, 1.82) is 0 Å². The van der Waals surface area contributed by atoms with Gasteiger partial charge < -0.3 is 19.7 Å². The second-order valence-corrected chi connectivity index (χ2v) is 10.6. The summed E-state index contributed by atoms with van der Waals surface area (Å²) in [6, 6.07) is 26.6. The number of carbonyl (C=O) groups excluding carboxylic acids is 2. The van der Waals surface area contributed by atoms with E-state index in [1.54, 1.807) is 7.11 Å². The van der Waals surface area contributed by atoms with Crippen molar-refractivity contribution >= 4 is 12.0 Å². The zero-order chi connectivity index (χ0) is 26.6. The first-order chi connectivity index (χ1) is 17.7. The lowest BCUT2D eigenvalue weighted by Gasteiger charge is -2.55. The van der Waals surface area contributed by atoms with Crippen molar-refractivity contribution in [3.05, 3.63) is 102 Å². The van der Waals surface area contributed by atoms with Gasteiger partial charge in [-0.25, -0.2) is 4.79 Å². The summed E-state index contributed by atoms with van der Waals surface area (Å²) in [5.74, 6) is 0.363. The van der Waals surface area contributed by atoms with Crippen LogP contribution in [0.25, 0.3) is 0 Å². The van der Waals surface area contributed by atoms with Crippen molar-refractivity contribution < 1.29 is 19.1 Å². The van der Waals surface area contributed by atoms with Gasteiger partial charge in [0.2, 0.25) is 5.91 Å². The monoisotopic (exact) mass is 500 g/mol. The molecule has 4 atom stereocenters. The Labute approximate surface area is 219 Å². The van der Waals surface area contributed by atoms with E-state index in [2.05, 4.69) is 5.32 Å². The molecule has 1 saturated heterocycles. The van der Waals surface area contributed by atoms with E-state index < -0.39 is 18.1 Å². The first-order valence-corrected chi connectivity index (χ1v) is 12.7. The van der Waals surface area contributed by atoms with Gasteiger partial charge in [-0.05, 0) is 41.2 Å². The highest BCUT2D eigenvalue weighted by molar-refractivity contribution is 5.88. The van der Waals surface area contributed by atoms with Crippen LogP contribution in [0.2, 0.25) is 0 Å². The van der Waals surface area contributed by atoms with E-state index in [9.17, 15) is 9.59 Å². The van der Waals surface area contributed by atoms with Crippen molar-refractivity contribution in [2.45, 2.75) is 52.4 Å². The maximum atomic E-state index is 13.8. The molecule has 1 aliphatic rings. The third-order valence-corrected chi connectivity index (χ3v) is 7.11. The molecule has 0 bridgehead atoms. The molecule has 0 radical (unpaired) electrons. The van der Waals surface area contributed by atoms with Crippen molar-refractivity contribution in [2.24, 2.45) is 11.3 Å². The van der Waals surface area contributed by atoms with Crippen LogP contribution in [0.4, 0.5) is 4.79 Å². The predicted octanol–water partition coefficient (Wildman–Crippen LogP) is 6.30. The number of ether oxygens (including phenoxy) is 2. The molecular formula is C31H36N2O4. The van der Waals surface area contributed by atoms with Gasteiger partial charge in [-0.2, -0.15) is 0 Å². The molecule has 0 unspecified atom stereocenters. The minimum absolute atomic E-state index is 0.0143. The molecule has 6 nitrogen and oxygen atoms in total. The highest BCUT2D eigenvalue weighted by Crippen LogP contribution is 2.49. The Hall–Kier alpha value is -3.80. The minimum Gasteiger partial charge on any atom is -0.497 e. The van der Waals surface area contributed by atoms with Gasteiger partial charge in [0.25, 0.3) is 0 Å². The third kappa shape index (κ3) is 5.79. The number of rotatable bonds is 8. The fourth-order valence-corrected chi connectivity index (χ4v) is 5.09. The number of nitrogens with one attached hydrogen (secondary N) is 1. The number of carbonyl (C=O) groups is 2. The quantitative estimate of drug-likeness (QED) is 0.369. The molecule has 0 aromatic heterocycles. The first-order valence-electron chi connectivity index (χ1n) is 12.7. The average Bonchev–Trinajstić information content (AvgIpc) is 2.90. The molecule has 194 valence electrons. The molecular weight excluding hydrogens is 464 g/mol. The standard InChI is InChI=1S/C31H36N2O4/c1-21(23-16-18-25(36-5)19-17-23)33-27(24-14-10-7-11-15-24)26(29(33)34)28(31(2,3)4)32-30(35)37-20-22-12-8-6-9-13-22/h6-19,21,26-28H,20H2,1-5H3,(H,32,35)/t21-,26+,27-,28-/m1/s1. The average molecular weight is 501 g/mol. The van der Waals surface area contributed by atoms with Crippen LogP contribution in [0.15, 0.2) is 84.9 Å². The molecule has 3 aromatic carbocycles. The van der Waals surface area contributed by atoms with Gasteiger partial charge in [-0.1, -0.05) is 93.6 Å². The van der Waals surface area contributed by atoms with Crippen LogP contribution in [-0.2, 0) is 16.1 Å². The normalized spacial score (nSPS) is 18.9. The van der Waals surface area contributed by atoms with Crippen LogP contribution in [0.5, 0.6) is 5.75 Å². The maximum absolute atomic E-state index is 13.8. The molecule has 0 aliphatic carbocycles. The van der Waals surface area contributed by atoms with Crippen molar-refractivity contribution in [3.63, 3.8) is 0 Å². The van der Waals surface area contributed by atoms with Gasteiger partial charge in [0, 0.05) is 0 Å². The maximum Gasteiger partial charge on any atom is 0.407 e. The molecule has 0 saturated carbocycles. The number of nitrogens with zero attached hydrogens (tertiary/aromatic N) is 1. The predicted molar refractivity (Wildman–Crippen MR) is 144 cm³/mol. The highest BCUT2D eigenvalue weighted by atomic mass is 16.5. The van der Waals surface area contributed by atoms with E-state index in [1.165, 1.54) is 0 Å². The van der Waals surface area contributed by atoms with E-state index in [0.717, 1.165) is 22.4 Å². The highest BCUT2D eigenvalue weighted by Gasteiger charge is 2.56. The fraction of sp³-hybridized carbons (Fsp3) is 0.355. The molecule has 4 rings (SSSR count). The topological polar surface area (TPSA) is 67.9 Å².